The summed E-state index contributed by atoms with van der Waals surface area (Å²) in [6, 6.07) is 3.42. The Labute approximate surface area is 781 Å². The number of hydroxylamine groups is 1. The monoisotopic (exact) mass is 2000 g/mol. The van der Waals surface area contributed by atoms with E-state index in [1.807, 2.05) is 29.5 Å². The van der Waals surface area contributed by atoms with Gasteiger partial charge in [-0.15, -0.1) is 0 Å². The summed E-state index contributed by atoms with van der Waals surface area (Å²) in [6.07, 6.45) is -18.1. The number of ketones is 3. The van der Waals surface area contributed by atoms with Crippen molar-refractivity contribution in [3.63, 3.8) is 0 Å². The van der Waals surface area contributed by atoms with E-state index in [4.69, 9.17) is 66.4 Å². The number of nitrogens with zero attached hydrogens (tertiary/aromatic N) is 1. The number of halogens is 1. The van der Waals surface area contributed by atoms with Crippen molar-refractivity contribution in [2.75, 3.05) is 80.0 Å². The molecule has 0 aromatic heterocycles. The van der Waals surface area contributed by atoms with Crippen LogP contribution >= 0.6 is 55.9 Å². The SMILES string of the molecule is CCN(C(=O)CNC(=O)OCc1ccc(NC(=O)[C@H](C)CC(=O)[C@@H](NC(=O)CCCC(=O)NC)C(C)C)cc1)C1COC(OC2C(O[C@H]3C#C/C=C\C#C[C@]4(O)CC(=O)C(NC(=O)OC)=C3/C4=C\CSSC(C)CCC(=O)CCC(O)CO)OC(C)C(NOC3CC(O)C(SC(=O)c4c(C)c(I)c(OC5OC(C)C(O)C(OC)C5O)c(OC)c4OC)C(C)O3)C2O)CC1OC. The Morgan fingerprint density at radius 3 is 2.13 bits per heavy atom. The first-order valence-electron chi connectivity index (χ1n) is 42.7. The average molecular weight is 2000 g/mol. The number of rotatable bonds is 44. The first kappa shape index (κ1) is 108. The van der Waals surface area contributed by atoms with Crippen LogP contribution in [0.1, 0.15) is 148 Å². The van der Waals surface area contributed by atoms with Crippen molar-refractivity contribution < 1.29 is 150 Å². The lowest BCUT2D eigenvalue weighted by atomic mass is 9.75. The van der Waals surface area contributed by atoms with Crippen molar-refractivity contribution in [3.8, 4) is 40.9 Å². The smallest absolute Gasteiger partial charge is 0.411 e. The molecule has 4 saturated heterocycles. The fourth-order valence-electron chi connectivity index (χ4n) is 15.3. The van der Waals surface area contributed by atoms with Gasteiger partial charge in [-0.1, -0.05) is 103 Å². The van der Waals surface area contributed by atoms with Crippen LogP contribution in [-0.2, 0) is 92.4 Å². The lowest BCUT2D eigenvalue weighted by Crippen LogP contribution is -2.65. The topological polar surface area (TPSA) is 517 Å². The lowest BCUT2D eigenvalue weighted by molar-refractivity contribution is -0.337. The average Bonchev–Trinajstić information content (AvgIpc) is 0.749. The van der Waals surface area contributed by atoms with Gasteiger partial charge < -0.3 is 123 Å². The van der Waals surface area contributed by atoms with Crippen molar-refractivity contribution in [1.82, 2.24) is 31.6 Å². The molecule has 4 heterocycles. The number of amides is 6. The fraction of sp³-hybridized carbons (Fsp3) is 0.636. The third kappa shape index (κ3) is 29.2. The Morgan fingerprint density at radius 1 is 0.785 bits per heavy atom. The van der Waals surface area contributed by atoms with Crippen molar-refractivity contribution >= 4 is 120 Å². The zero-order valence-corrected chi connectivity index (χ0v) is 79.9. The first-order valence-corrected chi connectivity index (χ1v) is 47.1. The van der Waals surface area contributed by atoms with Gasteiger partial charge in [0.05, 0.1) is 116 Å². The summed E-state index contributed by atoms with van der Waals surface area (Å²) >= 11 is 2.73. The standard InChI is InChI=1S/C88H122IN7O31S3/c1-16-96(64(105)40-91-86(111)120-42-51-26-28-52(29-27-51)92-82(109)45(4)36-57(100)70(44(2)3)93-63(104)24-21-23-62(103)90-10)56-43-119-65(38-61(56)114-11)125-79-74(107)71(95-127-66-37-58(101)81(50(9)121-66)129-83(110)67-47(6)69(89)77(80(117-14)76(67)115-12)126-84-75(108)78(116-13)73(106)49(8)123-84)48(7)122-85(79)124-60-22-19-17-18-20-34-88(113)39-59(102)72(94-87(112)118-15)68(60)55(88)33-35-128-130-46(5)25-30-53(98)31-32-54(99)41-97/h17-18,26-29,33,44-46,48-50,54,56,58,60-61,65-66,70-71,73-75,78-79,81,84-85,95,97,99,101,106-108,113H,16,21,23-25,30-32,35-43H2,1-15H3,(H,90,103)(H,91,111)(H,92,109)(H,93,104)(H,94,112)/b18-17-,55-33+/t45-,46?,48?,49?,50?,54?,56?,58?,60+,61?,65?,66?,70+,71?,73?,74?,75?,78?,79?,81?,84?,85?,88+/m1/s1. The minimum atomic E-state index is -2.26. The Balaban J connectivity index is 0.984. The number of hydrogen-bond donors (Lipinski definition) is 13. The highest BCUT2D eigenvalue weighted by atomic mass is 127. The molecule has 19 unspecified atom stereocenters. The van der Waals surface area contributed by atoms with Gasteiger partial charge >= 0.3 is 12.2 Å². The van der Waals surface area contributed by atoms with Gasteiger partial charge in [0.25, 0.3) is 0 Å². The maximum Gasteiger partial charge on any atom is 0.411 e. The van der Waals surface area contributed by atoms with Crippen LogP contribution in [0, 0.1) is 46.0 Å². The molecule has 13 N–H and O–H groups in total. The number of nitrogens with one attached hydrogen (secondary N) is 6. The molecule has 8 rings (SSSR count). The summed E-state index contributed by atoms with van der Waals surface area (Å²) in [4.78, 5) is 141. The van der Waals surface area contributed by atoms with E-state index in [1.54, 1.807) is 85.7 Å². The first-order chi connectivity index (χ1) is 61.9. The van der Waals surface area contributed by atoms with Crippen molar-refractivity contribution in [2.45, 2.75) is 272 Å². The number of benzene rings is 2. The summed E-state index contributed by atoms with van der Waals surface area (Å²) in [5.74, 6) is 7.68. The van der Waals surface area contributed by atoms with Crippen molar-refractivity contribution in [2.24, 2.45) is 11.8 Å². The number of Topliss-reactive ketones (excluding diaryl/α,β-unsaturated/α-hetero) is 3. The maximum absolute atomic E-state index is 14.7. The highest BCUT2D eigenvalue weighted by Gasteiger charge is 2.53. The Morgan fingerprint density at radius 2 is 1.48 bits per heavy atom. The quantitative estimate of drug-likeness (QED) is 0.0142. The molecule has 130 heavy (non-hydrogen) atoms. The number of methoxy groups -OCH3 is 5. The zero-order valence-electron chi connectivity index (χ0n) is 75.3. The normalized spacial score (nSPS) is 28.1. The zero-order chi connectivity index (χ0) is 95.5. The molecule has 6 amide bonds. The van der Waals surface area contributed by atoms with Crippen molar-refractivity contribution in [3.05, 3.63) is 79.6 Å². The van der Waals surface area contributed by atoms with Crippen LogP contribution < -0.4 is 46.3 Å². The maximum atomic E-state index is 14.7. The number of thioether (sulfide) groups is 1. The molecule has 23 atom stereocenters. The van der Waals surface area contributed by atoms with Gasteiger partial charge in [0.15, 0.2) is 47.5 Å². The molecule has 4 fully saturated rings. The van der Waals surface area contributed by atoms with Crippen LogP contribution in [-0.4, -0.2) is 306 Å². The number of allylic oxidation sites excluding steroid dienone is 3. The highest BCUT2D eigenvalue weighted by molar-refractivity contribution is 14.1. The number of aliphatic hydroxyl groups excluding tert-OH is 6. The number of carbonyl (C=O) groups is 10. The molecule has 38 nitrogen and oxygen atoms in total. The second kappa shape index (κ2) is 51.7. The molecule has 2 aromatic carbocycles. The number of aliphatic hydroxyl groups is 7. The van der Waals surface area contributed by atoms with Gasteiger partial charge in [-0.05, 0) is 118 Å². The molecule has 720 valence electrons. The van der Waals surface area contributed by atoms with Gasteiger partial charge in [-0.25, -0.2) is 9.59 Å². The predicted molar refractivity (Wildman–Crippen MR) is 483 cm³/mol. The van der Waals surface area contributed by atoms with Gasteiger partial charge in [0.1, 0.15) is 55.6 Å². The van der Waals surface area contributed by atoms with Crippen LogP contribution in [0.5, 0.6) is 17.2 Å². The number of hydrogen-bond acceptors (Lipinski definition) is 35. The third-order valence-electron chi connectivity index (χ3n) is 22.6. The molecule has 42 heteroatoms. The van der Waals surface area contributed by atoms with Crippen LogP contribution in [0.15, 0.2) is 59.3 Å². The highest BCUT2D eigenvalue weighted by Crippen LogP contribution is 2.50. The molecular weight excluding hydrogens is 1870 g/mol. The molecule has 2 aliphatic carbocycles. The van der Waals surface area contributed by atoms with Crippen LogP contribution in [0.2, 0.25) is 0 Å². The van der Waals surface area contributed by atoms with Gasteiger partial charge in [-0.2, -0.15) is 5.48 Å². The van der Waals surface area contributed by atoms with E-state index in [0.29, 0.717) is 33.2 Å². The molecule has 2 aromatic rings. The van der Waals surface area contributed by atoms with E-state index in [1.165, 1.54) is 74.1 Å². The number of ether oxygens (including phenoxy) is 13. The summed E-state index contributed by atoms with van der Waals surface area (Å²) in [5.41, 5.74) is 1.40. The van der Waals surface area contributed by atoms with E-state index >= 15 is 0 Å². The van der Waals surface area contributed by atoms with E-state index < -0.39 is 188 Å². The number of anilines is 1. The number of alkyl carbamates (subject to hydrolysis) is 2. The second-order valence-corrected chi connectivity index (χ2v) is 37.4. The van der Waals surface area contributed by atoms with E-state index in [0.717, 1.165) is 18.9 Å². The van der Waals surface area contributed by atoms with Crippen LogP contribution in [0.25, 0.3) is 0 Å². The van der Waals surface area contributed by atoms with Gasteiger partial charge in [0, 0.05) is 107 Å². The summed E-state index contributed by atoms with van der Waals surface area (Å²) in [7, 11) is 10.7. The van der Waals surface area contributed by atoms with E-state index in [2.05, 4.69) is 55.7 Å². The number of fused-ring (bicyclic) bond motifs is 2. The number of carbonyl (C=O) groups excluding carboxylic acids is 10. The van der Waals surface area contributed by atoms with Gasteiger partial charge in [0.2, 0.25) is 40.8 Å². The van der Waals surface area contributed by atoms with Crippen molar-refractivity contribution in [1.29, 1.82) is 0 Å². The third-order valence-corrected chi connectivity index (χ3v) is 28.1. The summed E-state index contributed by atoms with van der Waals surface area (Å²) in [6.45, 7) is 13.8. The molecule has 6 aliphatic rings. The number of likely N-dealkylation sites (N-methyl/N-ethyl adjacent to an activating group) is 1. The van der Waals surface area contributed by atoms with E-state index in [9.17, 15) is 83.7 Å². The lowest BCUT2D eigenvalue weighted by Gasteiger charge is -2.47. The molecule has 0 radical (unpaired) electrons. The van der Waals surface area contributed by atoms with Crippen LogP contribution in [0.4, 0.5) is 15.3 Å². The van der Waals surface area contributed by atoms with Gasteiger partial charge in [-0.3, -0.25) is 48.5 Å². The summed E-state index contributed by atoms with van der Waals surface area (Å²) < 4.78 is 79.1. The summed E-state index contributed by atoms with van der Waals surface area (Å²) in [5, 5.41) is 90.0. The molecule has 2 bridgehead atoms. The Hall–Kier alpha value is -7.62. The minimum Gasteiger partial charge on any atom is -0.492 e. The predicted octanol–water partition coefficient (Wildman–Crippen LogP) is 4.55. The van der Waals surface area contributed by atoms with Crippen LogP contribution in [0.3, 0.4) is 0 Å². The van der Waals surface area contributed by atoms with E-state index in [-0.39, 0.29) is 151 Å². The minimum absolute atomic E-state index is 0.00582. The molecule has 4 aliphatic heterocycles. The Bertz CT molecular complexity index is 4480. The largest absolute Gasteiger partial charge is 0.492 e. The molecular formula is C88H122IN7O31S3. The molecule has 0 saturated carbocycles. The Kier molecular flexibility index (Phi) is 42.9. The second-order valence-electron chi connectivity index (χ2n) is 32.3. The fourth-order valence-corrected chi connectivity index (χ4v) is 19.2. The molecule has 0 spiro atoms.